The molecule has 1 fully saturated rings. The van der Waals surface area contributed by atoms with Crippen LogP contribution in [0.1, 0.15) is 24.8 Å². The molecule has 0 saturated heterocycles. The van der Waals surface area contributed by atoms with Crippen molar-refractivity contribution in [3.05, 3.63) is 29.8 Å². The smallest absolute Gasteiger partial charge is 0.224 e. The number of nitrogens with two attached hydrogens (primary N) is 1. The van der Waals surface area contributed by atoms with Gasteiger partial charge >= 0.3 is 0 Å². The highest BCUT2D eigenvalue weighted by atomic mass is 16.3. The number of aliphatic hydroxyl groups excluding tert-OH is 1. The molecule has 0 heterocycles. The Morgan fingerprint density at radius 3 is 2.72 bits per heavy atom. The number of anilines is 1. The van der Waals surface area contributed by atoms with E-state index in [2.05, 4.69) is 5.32 Å². The summed E-state index contributed by atoms with van der Waals surface area (Å²) >= 11 is 0. The predicted octanol–water partition coefficient (Wildman–Crippen LogP) is 1.09. The standard InChI is InChI=1S/C14H20N2O2/c15-12-6-4-10(5-7-12)8-14(18)16-13-3-1-2-11(13)9-17/h4-7,11,13,17H,1-3,8-9,15H2,(H,16,18). The normalized spacial score (nSPS) is 22.9. The molecule has 2 rings (SSSR count). The van der Waals surface area contributed by atoms with Gasteiger partial charge in [0.25, 0.3) is 0 Å². The first-order chi connectivity index (χ1) is 8.69. The van der Waals surface area contributed by atoms with Gasteiger partial charge in [0.15, 0.2) is 0 Å². The molecule has 4 nitrogen and oxygen atoms in total. The van der Waals surface area contributed by atoms with Gasteiger partial charge in [-0.05, 0) is 30.5 Å². The van der Waals surface area contributed by atoms with E-state index in [1.54, 1.807) is 12.1 Å². The first-order valence-corrected chi connectivity index (χ1v) is 6.43. The van der Waals surface area contributed by atoms with Crippen molar-refractivity contribution in [2.24, 2.45) is 5.92 Å². The summed E-state index contributed by atoms with van der Waals surface area (Å²) in [6.07, 6.45) is 3.43. The van der Waals surface area contributed by atoms with Gasteiger partial charge < -0.3 is 16.2 Å². The Morgan fingerprint density at radius 1 is 1.33 bits per heavy atom. The molecular formula is C14H20N2O2. The fourth-order valence-corrected chi connectivity index (χ4v) is 2.52. The van der Waals surface area contributed by atoms with Crippen LogP contribution in [-0.4, -0.2) is 23.7 Å². The summed E-state index contributed by atoms with van der Waals surface area (Å²) in [5.41, 5.74) is 7.26. The topological polar surface area (TPSA) is 75.4 Å². The lowest BCUT2D eigenvalue weighted by atomic mass is 10.0. The molecule has 4 N–H and O–H groups in total. The summed E-state index contributed by atoms with van der Waals surface area (Å²) in [5, 5.41) is 12.2. The van der Waals surface area contributed by atoms with Crippen molar-refractivity contribution in [1.82, 2.24) is 5.32 Å². The van der Waals surface area contributed by atoms with Crippen LogP contribution in [0.25, 0.3) is 0 Å². The van der Waals surface area contributed by atoms with Gasteiger partial charge in [0.1, 0.15) is 0 Å². The van der Waals surface area contributed by atoms with Crippen molar-refractivity contribution >= 4 is 11.6 Å². The first kappa shape index (κ1) is 12.9. The number of carbonyl (C=O) groups excluding carboxylic acids is 1. The quantitative estimate of drug-likeness (QED) is 0.698. The average Bonchev–Trinajstić information content (AvgIpc) is 2.79. The maximum atomic E-state index is 11.9. The maximum Gasteiger partial charge on any atom is 0.224 e. The largest absolute Gasteiger partial charge is 0.399 e. The summed E-state index contributed by atoms with van der Waals surface area (Å²) in [6.45, 7) is 0.160. The number of carbonyl (C=O) groups is 1. The molecule has 98 valence electrons. The minimum Gasteiger partial charge on any atom is -0.399 e. The highest BCUT2D eigenvalue weighted by molar-refractivity contribution is 5.79. The summed E-state index contributed by atoms with van der Waals surface area (Å²) in [4.78, 5) is 11.9. The zero-order valence-electron chi connectivity index (χ0n) is 10.4. The van der Waals surface area contributed by atoms with Gasteiger partial charge in [-0.1, -0.05) is 18.6 Å². The Balaban J connectivity index is 1.86. The predicted molar refractivity (Wildman–Crippen MR) is 70.9 cm³/mol. The van der Waals surface area contributed by atoms with Gasteiger partial charge in [-0.15, -0.1) is 0 Å². The Labute approximate surface area is 107 Å². The van der Waals surface area contributed by atoms with Crippen molar-refractivity contribution in [3.63, 3.8) is 0 Å². The van der Waals surface area contributed by atoms with Gasteiger partial charge in [0.2, 0.25) is 5.91 Å². The van der Waals surface area contributed by atoms with E-state index in [0.717, 1.165) is 24.8 Å². The van der Waals surface area contributed by atoms with E-state index in [-0.39, 0.29) is 24.5 Å². The third kappa shape index (κ3) is 3.23. The lowest BCUT2D eigenvalue weighted by molar-refractivity contribution is -0.121. The SMILES string of the molecule is Nc1ccc(CC(=O)NC2CCCC2CO)cc1. The number of amides is 1. The molecule has 1 aliphatic carbocycles. The number of aliphatic hydroxyl groups is 1. The van der Waals surface area contributed by atoms with Crippen LogP contribution in [0.5, 0.6) is 0 Å². The van der Waals surface area contributed by atoms with Gasteiger partial charge in [-0.2, -0.15) is 0 Å². The molecule has 18 heavy (non-hydrogen) atoms. The third-order valence-corrected chi connectivity index (χ3v) is 3.58. The van der Waals surface area contributed by atoms with Crippen LogP contribution >= 0.6 is 0 Å². The van der Waals surface area contributed by atoms with E-state index in [4.69, 9.17) is 5.73 Å². The molecule has 1 saturated carbocycles. The van der Waals surface area contributed by atoms with Crippen LogP contribution in [-0.2, 0) is 11.2 Å². The molecule has 2 unspecified atom stereocenters. The maximum absolute atomic E-state index is 11.9. The molecule has 0 aliphatic heterocycles. The Morgan fingerprint density at radius 2 is 2.06 bits per heavy atom. The van der Waals surface area contributed by atoms with Crippen LogP contribution in [0.2, 0.25) is 0 Å². The number of benzene rings is 1. The summed E-state index contributed by atoms with van der Waals surface area (Å²) in [6, 6.07) is 7.47. The van der Waals surface area contributed by atoms with E-state index < -0.39 is 0 Å². The van der Waals surface area contributed by atoms with Gasteiger partial charge in [-0.3, -0.25) is 4.79 Å². The van der Waals surface area contributed by atoms with Crippen LogP contribution in [0.4, 0.5) is 5.69 Å². The second kappa shape index (κ2) is 5.87. The lowest BCUT2D eigenvalue weighted by Gasteiger charge is -2.19. The van der Waals surface area contributed by atoms with E-state index in [1.165, 1.54) is 0 Å². The minimum absolute atomic E-state index is 0.0186. The van der Waals surface area contributed by atoms with Gasteiger partial charge in [0.05, 0.1) is 6.42 Å². The highest BCUT2D eigenvalue weighted by Crippen LogP contribution is 2.25. The summed E-state index contributed by atoms with van der Waals surface area (Å²) in [7, 11) is 0. The lowest BCUT2D eigenvalue weighted by Crippen LogP contribution is -2.39. The van der Waals surface area contributed by atoms with Crippen molar-refractivity contribution in [2.45, 2.75) is 31.7 Å². The van der Waals surface area contributed by atoms with Gasteiger partial charge in [-0.25, -0.2) is 0 Å². The molecule has 0 radical (unpaired) electrons. The van der Waals surface area contributed by atoms with Crippen molar-refractivity contribution in [3.8, 4) is 0 Å². The van der Waals surface area contributed by atoms with Crippen molar-refractivity contribution in [2.75, 3.05) is 12.3 Å². The molecule has 0 bridgehead atoms. The number of hydrogen-bond donors (Lipinski definition) is 3. The van der Waals surface area contributed by atoms with Crippen molar-refractivity contribution < 1.29 is 9.90 Å². The van der Waals surface area contributed by atoms with Crippen LogP contribution in [0, 0.1) is 5.92 Å². The zero-order chi connectivity index (χ0) is 13.0. The molecule has 1 aliphatic rings. The van der Waals surface area contributed by atoms with E-state index >= 15 is 0 Å². The fraction of sp³-hybridized carbons (Fsp3) is 0.500. The van der Waals surface area contributed by atoms with E-state index in [9.17, 15) is 9.90 Å². The summed E-state index contributed by atoms with van der Waals surface area (Å²) in [5.74, 6) is 0.241. The highest BCUT2D eigenvalue weighted by Gasteiger charge is 2.27. The minimum atomic E-state index is 0.0186. The number of nitrogen functional groups attached to an aromatic ring is 1. The fourth-order valence-electron chi connectivity index (χ4n) is 2.52. The van der Waals surface area contributed by atoms with Gasteiger partial charge in [0, 0.05) is 24.3 Å². The second-order valence-corrected chi connectivity index (χ2v) is 4.97. The molecule has 1 aromatic rings. The van der Waals surface area contributed by atoms with Crippen molar-refractivity contribution in [1.29, 1.82) is 0 Å². The molecular weight excluding hydrogens is 228 g/mol. The average molecular weight is 248 g/mol. The number of rotatable bonds is 4. The molecule has 1 amide bonds. The Hall–Kier alpha value is -1.55. The summed E-state index contributed by atoms with van der Waals surface area (Å²) < 4.78 is 0. The number of nitrogens with one attached hydrogen (secondary N) is 1. The monoisotopic (exact) mass is 248 g/mol. The number of hydrogen-bond acceptors (Lipinski definition) is 3. The van der Waals surface area contributed by atoms with E-state index in [1.807, 2.05) is 12.1 Å². The molecule has 1 aromatic carbocycles. The van der Waals surface area contributed by atoms with Crippen LogP contribution in [0.3, 0.4) is 0 Å². The second-order valence-electron chi connectivity index (χ2n) is 4.97. The third-order valence-electron chi connectivity index (χ3n) is 3.58. The Kier molecular flexibility index (Phi) is 4.20. The zero-order valence-corrected chi connectivity index (χ0v) is 10.4. The molecule has 2 atom stereocenters. The molecule has 4 heteroatoms. The van der Waals surface area contributed by atoms with E-state index in [0.29, 0.717) is 12.1 Å². The Bertz CT molecular complexity index is 403. The molecule has 0 aromatic heterocycles. The van der Waals surface area contributed by atoms with Crippen LogP contribution < -0.4 is 11.1 Å². The molecule has 0 spiro atoms. The first-order valence-electron chi connectivity index (χ1n) is 6.43. The van der Waals surface area contributed by atoms with Crippen LogP contribution in [0.15, 0.2) is 24.3 Å².